The quantitative estimate of drug-likeness (QED) is 0.619. The second kappa shape index (κ2) is 6.14. The first-order valence-electron chi connectivity index (χ1n) is 6.71. The normalized spacial score (nSPS) is 15.4. The number of unbranched alkanes of at least 4 members (excludes halogenated alkanes) is 1. The smallest absolute Gasteiger partial charge is 0.235 e. The Kier molecular flexibility index (Phi) is 4.74. The van der Waals surface area contributed by atoms with Crippen LogP contribution in [0.2, 0.25) is 0 Å². The molecule has 0 amide bonds. The van der Waals surface area contributed by atoms with Gasteiger partial charge in [-0.1, -0.05) is 18.2 Å². The largest absolute Gasteiger partial charge is 0.270 e. The van der Waals surface area contributed by atoms with E-state index >= 15 is 0 Å². The van der Waals surface area contributed by atoms with Crippen LogP contribution in [0.4, 0.5) is 5.69 Å². The average Bonchev–Trinajstić information content (AvgIpc) is 2.38. The summed E-state index contributed by atoms with van der Waals surface area (Å²) in [4.78, 5) is 0. The van der Waals surface area contributed by atoms with E-state index in [1.54, 1.807) is 4.31 Å². The SMILES string of the molecule is Cc1cccc2c1N(S(=O)(=O)CCCCCl)CCC2. The van der Waals surface area contributed by atoms with Crippen molar-refractivity contribution in [3.8, 4) is 0 Å². The van der Waals surface area contributed by atoms with E-state index in [9.17, 15) is 8.42 Å². The van der Waals surface area contributed by atoms with E-state index in [1.165, 1.54) is 0 Å². The van der Waals surface area contributed by atoms with Crippen LogP contribution in [0.5, 0.6) is 0 Å². The molecular formula is C14H20ClNO2S. The summed E-state index contributed by atoms with van der Waals surface area (Å²) in [5.41, 5.74) is 3.09. The zero-order valence-corrected chi connectivity index (χ0v) is 12.8. The minimum Gasteiger partial charge on any atom is -0.270 e. The molecule has 106 valence electrons. The molecule has 1 aromatic carbocycles. The molecule has 0 aromatic heterocycles. The minimum atomic E-state index is -3.22. The molecule has 1 aliphatic heterocycles. The maximum absolute atomic E-state index is 12.5. The van der Waals surface area contributed by atoms with Gasteiger partial charge in [-0.2, -0.15) is 0 Å². The van der Waals surface area contributed by atoms with Crippen molar-refractivity contribution in [1.29, 1.82) is 0 Å². The second-order valence-corrected chi connectivity index (χ2v) is 7.36. The Hall–Kier alpha value is -0.740. The van der Waals surface area contributed by atoms with E-state index in [0.29, 0.717) is 18.8 Å². The van der Waals surface area contributed by atoms with E-state index < -0.39 is 10.0 Å². The molecule has 0 spiro atoms. The Balaban J connectivity index is 2.28. The molecule has 1 aliphatic rings. The van der Waals surface area contributed by atoms with Gasteiger partial charge in [0.15, 0.2) is 0 Å². The Bertz CT molecular complexity index is 542. The zero-order chi connectivity index (χ0) is 13.9. The molecule has 0 N–H and O–H groups in total. The number of anilines is 1. The van der Waals surface area contributed by atoms with Crippen molar-refractivity contribution in [3.63, 3.8) is 0 Å². The lowest BCUT2D eigenvalue weighted by Gasteiger charge is -2.32. The lowest BCUT2D eigenvalue weighted by atomic mass is 10.0. The molecule has 0 atom stereocenters. The fourth-order valence-corrected chi connectivity index (χ4v) is 4.50. The van der Waals surface area contributed by atoms with Gasteiger partial charge in [-0.05, 0) is 43.7 Å². The third-order valence-electron chi connectivity index (χ3n) is 3.50. The maximum Gasteiger partial charge on any atom is 0.235 e. The number of fused-ring (bicyclic) bond motifs is 1. The summed E-state index contributed by atoms with van der Waals surface area (Å²) in [6.07, 6.45) is 3.23. The number of nitrogens with zero attached hydrogens (tertiary/aromatic N) is 1. The van der Waals surface area contributed by atoms with Crippen molar-refractivity contribution in [2.75, 3.05) is 22.5 Å². The van der Waals surface area contributed by atoms with Crippen molar-refractivity contribution < 1.29 is 8.42 Å². The number of halogens is 1. The van der Waals surface area contributed by atoms with E-state index in [-0.39, 0.29) is 5.75 Å². The van der Waals surface area contributed by atoms with E-state index in [1.807, 2.05) is 25.1 Å². The molecule has 0 radical (unpaired) electrons. The van der Waals surface area contributed by atoms with Crippen LogP contribution in [-0.4, -0.2) is 26.6 Å². The molecule has 0 unspecified atom stereocenters. The van der Waals surface area contributed by atoms with Crippen LogP contribution in [0.1, 0.15) is 30.4 Å². The van der Waals surface area contributed by atoms with Gasteiger partial charge in [0.1, 0.15) is 0 Å². The molecule has 3 nitrogen and oxygen atoms in total. The lowest BCUT2D eigenvalue weighted by molar-refractivity contribution is 0.583. The molecule has 0 bridgehead atoms. The van der Waals surface area contributed by atoms with Crippen molar-refractivity contribution >= 4 is 27.3 Å². The van der Waals surface area contributed by atoms with Crippen LogP contribution in [-0.2, 0) is 16.4 Å². The van der Waals surface area contributed by atoms with Gasteiger partial charge >= 0.3 is 0 Å². The number of para-hydroxylation sites is 1. The van der Waals surface area contributed by atoms with Gasteiger partial charge in [0.25, 0.3) is 0 Å². The summed E-state index contributed by atoms with van der Waals surface area (Å²) in [6.45, 7) is 2.58. The summed E-state index contributed by atoms with van der Waals surface area (Å²) < 4.78 is 26.5. The van der Waals surface area contributed by atoms with Gasteiger partial charge in [-0.3, -0.25) is 4.31 Å². The van der Waals surface area contributed by atoms with Gasteiger partial charge in [0.2, 0.25) is 10.0 Å². The van der Waals surface area contributed by atoms with Gasteiger partial charge in [-0.15, -0.1) is 11.6 Å². The third kappa shape index (κ3) is 3.23. The number of hydrogen-bond donors (Lipinski definition) is 0. The molecule has 1 aromatic rings. The molecular weight excluding hydrogens is 282 g/mol. The van der Waals surface area contributed by atoms with Gasteiger partial charge < -0.3 is 0 Å². The van der Waals surface area contributed by atoms with E-state index in [0.717, 1.165) is 36.1 Å². The van der Waals surface area contributed by atoms with Crippen molar-refractivity contribution in [3.05, 3.63) is 29.3 Å². The highest BCUT2D eigenvalue weighted by Crippen LogP contribution is 2.32. The summed E-state index contributed by atoms with van der Waals surface area (Å²) in [5, 5.41) is 0. The maximum atomic E-state index is 12.5. The molecule has 0 fully saturated rings. The molecule has 5 heteroatoms. The number of alkyl halides is 1. The van der Waals surface area contributed by atoms with Gasteiger partial charge in [-0.25, -0.2) is 8.42 Å². The summed E-state index contributed by atoms with van der Waals surface area (Å²) in [7, 11) is -3.22. The zero-order valence-electron chi connectivity index (χ0n) is 11.2. The predicted octanol–water partition coefficient (Wildman–Crippen LogP) is 3.10. The fraction of sp³-hybridized carbons (Fsp3) is 0.571. The van der Waals surface area contributed by atoms with Crippen LogP contribution >= 0.6 is 11.6 Å². The highest BCUT2D eigenvalue weighted by molar-refractivity contribution is 7.92. The minimum absolute atomic E-state index is 0.188. The number of rotatable bonds is 5. The molecule has 0 saturated heterocycles. The first kappa shape index (κ1) is 14.7. The Morgan fingerprint density at radius 3 is 2.84 bits per heavy atom. The van der Waals surface area contributed by atoms with Crippen molar-refractivity contribution in [2.45, 2.75) is 32.6 Å². The molecule has 0 aliphatic carbocycles. The Labute approximate surface area is 120 Å². The number of hydrogen-bond acceptors (Lipinski definition) is 2. The van der Waals surface area contributed by atoms with E-state index in [2.05, 4.69) is 0 Å². The average molecular weight is 302 g/mol. The van der Waals surface area contributed by atoms with Crippen molar-refractivity contribution in [1.82, 2.24) is 0 Å². The highest BCUT2D eigenvalue weighted by Gasteiger charge is 2.28. The summed E-state index contributed by atoms with van der Waals surface area (Å²) >= 11 is 5.61. The fourth-order valence-electron chi connectivity index (χ4n) is 2.57. The first-order valence-corrected chi connectivity index (χ1v) is 8.85. The molecule has 1 heterocycles. The molecule has 0 saturated carbocycles. The summed E-state index contributed by atoms with van der Waals surface area (Å²) in [5.74, 6) is 0.707. The van der Waals surface area contributed by atoms with Crippen LogP contribution < -0.4 is 4.31 Å². The standard InChI is InChI=1S/C14H20ClNO2S/c1-12-6-4-7-13-8-5-10-16(14(12)13)19(17,18)11-3-2-9-15/h4,6-7H,2-3,5,8-11H2,1H3. The topological polar surface area (TPSA) is 37.4 Å². The number of aryl methyl sites for hydroxylation is 2. The molecule has 19 heavy (non-hydrogen) atoms. The first-order chi connectivity index (χ1) is 9.06. The Morgan fingerprint density at radius 1 is 1.32 bits per heavy atom. The van der Waals surface area contributed by atoms with Gasteiger partial charge in [0.05, 0.1) is 11.4 Å². The van der Waals surface area contributed by atoms with Crippen molar-refractivity contribution in [2.24, 2.45) is 0 Å². The van der Waals surface area contributed by atoms with Gasteiger partial charge in [0, 0.05) is 12.4 Å². The number of benzene rings is 1. The predicted molar refractivity (Wildman–Crippen MR) is 80.6 cm³/mol. The van der Waals surface area contributed by atoms with Crippen LogP contribution in [0.25, 0.3) is 0 Å². The monoisotopic (exact) mass is 301 g/mol. The van der Waals surface area contributed by atoms with Crippen LogP contribution in [0.3, 0.4) is 0 Å². The van der Waals surface area contributed by atoms with Crippen LogP contribution in [0, 0.1) is 6.92 Å². The van der Waals surface area contributed by atoms with E-state index in [4.69, 9.17) is 11.6 Å². The molecule has 2 rings (SSSR count). The van der Waals surface area contributed by atoms with Crippen LogP contribution in [0.15, 0.2) is 18.2 Å². The third-order valence-corrected chi connectivity index (χ3v) is 5.61. The lowest BCUT2D eigenvalue weighted by Crippen LogP contribution is -2.37. The second-order valence-electron chi connectivity index (χ2n) is 4.97. The Morgan fingerprint density at radius 2 is 2.11 bits per heavy atom. The highest BCUT2D eigenvalue weighted by atomic mass is 35.5. The number of sulfonamides is 1. The summed E-state index contributed by atoms with van der Waals surface area (Å²) in [6, 6.07) is 6.01.